The fourth-order valence-corrected chi connectivity index (χ4v) is 2.18. The van der Waals surface area contributed by atoms with Gasteiger partial charge in [0.05, 0.1) is 19.7 Å². The second-order valence-corrected chi connectivity index (χ2v) is 5.48. The summed E-state index contributed by atoms with van der Waals surface area (Å²) in [4.78, 5) is 23.8. The van der Waals surface area contributed by atoms with Crippen molar-refractivity contribution < 1.29 is 24.2 Å². The highest BCUT2D eigenvalue weighted by atomic mass is 16.5. The zero-order chi connectivity index (χ0) is 17.9. The second kappa shape index (κ2) is 10.6. The van der Waals surface area contributed by atoms with Crippen molar-refractivity contribution in [1.29, 1.82) is 0 Å². The molecule has 0 aliphatic rings. The number of esters is 2. The lowest BCUT2D eigenvalue weighted by atomic mass is 10.1. The minimum absolute atomic E-state index is 0.0569. The molecule has 1 aromatic rings. The minimum Gasteiger partial charge on any atom is -0.464 e. The van der Waals surface area contributed by atoms with Gasteiger partial charge in [-0.25, -0.2) is 0 Å². The van der Waals surface area contributed by atoms with Gasteiger partial charge < -0.3 is 25.2 Å². The fraction of sp³-hybridized carbons (Fsp3) is 0.529. The molecular formula is C17H26N2O5. The van der Waals surface area contributed by atoms with Gasteiger partial charge >= 0.3 is 11.9 Å². The van der Waals surface area contributed by atoms with Crippen molar-refractivity contribution in [2.24, 2.45) is 5.73 Å². The lowest BCUT2D eigenvalue weighted by Crippen LogP contribution is -2.32. The third-order valence-electron chi connectivity index (χ3n) is 3.37. The van der Waals surface area contributed by atoms with E-state index in [1.165, 1.54) is 13.8 Å². The Kier molecular flexibility index (Phi) is 8.81. The van der Waals surface area contributed by atoms with E-state index in [0.29, 0.717) is 19.5 Å². The van der Waals surface area contributed by atoms with E-state index in [0.717, 1.165) is 11.3 Å². The molecule has 0 aliphatic heterocycles. The molecule has 1 atom stereocenters. The number of anilines is 1. The lowest BCUT2D eigenvalue weighted by molar-refractivity contribution is -0.141. The van der Waals surface area contributed by atoms with E-state index in [9.17, 15) is 9.59 Å². The third-order valence-corrected chi connectivity index (χ3v) is 3.37. The van der Waals surface area contributed by atoms with Crippen molar-refractivity contribution in [3.63, 3.8) is 0 Å². The van der Waals surface area contributed by atoms with Gasteiger partial charge in [-0.3, -0.25) is 9.59 Å². The number of aliphatic hydroxyl groups excluding tert-OH is 1. The molecule has 0 aliphatic carbocycles. The topological polar surface area (TPSA) is 102 Å². The molecule has 0 bridgehead atoms. The number of nitrogens with two attached hydrogens (primary N) is 1. The van der Waals surface area contributed by atoms with Gasteiger partial charge in [-0.2, -0.15) is 0 Å². The first-order valence-corrected chi connectivity index (χ1v) is 7.89. The molecule has 0 spiro atoms. The largest absolute Gasteiger partial charge is 0.464 e. The predicted molar refractivity (Wildman–Crippen MR) is 90.7 cm³/mol. The molecule has 7 nitrogen and oxygen atoms in total. The van der Waals surface area contributed by atoms with Crippen LogP contribution in [0, 0.1) is 0 Å². The third kappa shape index (κ3) is 7.94. The number of aliphatic hydroxyl groups is 1. The normalized spacial score (nSPS) is 11.7. The summed E-state index contributed by atoms with van der Waals surface area (Å²) in [6.45, 7) is 4.18. The molecule has 0 fully saturated rings. The van der Waals surface area contributed by atoms with Crippen molar-refractivity contribution >= 4 is 17.6 Å². The van der Waals surface area contributed by atoms with Crippen LogP contribution in [0.25, 0.3) is 0 Å². The molecule has 24 heavy (non-hydrogen) atoms. The molecular weight excluding hydrogens is 312 g/mol. The summed E-state index contributed by atoms with van der Waals surface area (Å²) in [6.07, 6.45) is 0.595. The highest BCUT2D eigenvalue weighted by Gasteiger charge is 2.09. The number of ether oxygens (including phenoxy) is 2. The number of hydrogen-bond donors (Lipinski definition) is 2. The van der Waals surface area contributed by atoms with Crippen LogP contribution in [-0.4, -0.2) is 56.0 Å². The number of carbonyl (C=O) groups is 2. The van der Waals surface area contributed by atoms with E-state index in [1.54, 1.807) is 0 Å². The maximum absolute atomic E-state index is 10.9. The first kappa shape index (κ1) is 19.9. The average molecular weight is 338 g/mol. The van der Waals surface area contributed by atoms with Gasteiger partial charge in [-0.15, -0.1) is 0 Å². The molecule has 7 heteroatoms. The molecule has 3 N–H and O–H groups in total. The smallest absolute Gasteiger partial charge is 0.302 e. The number of carbonyl (C=O) groups excluding carboxylic acids is 2. The van der Waals surface area contributed by atoms with Gasteiger partial charge in [0.2, 0.25) is 0 Å². The van der Waals surface area contributed by atoms with Gasteiger partial charge in [0.1, 0.15) is 13.2 Å². The fourth-order valence-electron chi connectivity index (χ4n) is 2.18. The lowest BCUT2D eigenvalue weighted by Gasteiger charge is -2.24. The Bertz CT molecular complexity index is 498. The second-order valence-electron chi connectivity index (χ2n) is 5.48. The van der Waals surface area contributed by atoms with Gasteiger partial charge in [-0.05, 0) is 24.1 Å². The summed E-state index contributed by atoms with van der Waals surface area (Å²) >= 11 is 0. The Morgan fingerprint density at radius 3 is 2.00 bits per heavy atom. The Labute approximate surface area is 142 Å². The SMILES string of the molecule is CC(=O)OCCN(CCOC(C)=O)c1ccc(CC(N)CO)cc1. The summed E-state index contributed by atoms with van der Waals surface area (Å²) in [7, 11) is 0. The Balaban J connectivity index is 2.68. The van der Waals surface area contributed by atoms with Crippen LogP contribution in [-0.2, 0) is 25.5 Å². The number of rotatable bonds is 10. The monoisotopic (exact) mass is 338 g/mol. The van der Waals surface area contributed by atoms with Crippen molar-refractivity contribution in [3.05, 3.63) is 29.8 Å². The molecule has 1 unspecified atom stereocenters. The first-order chi connectivity index (χ1) is 11.4. The van der Waals surface area contributed by atoms with E-state index in [-0.39, 0.29) is 37.8 Å². The number of benzene rings is 1. The van der Waals surface area contributed by atoms with E-state index >= 15 is 0 Å². The van der Waals surface area contributed by atoms with Crippen LogP contribution in [0.3, 0.4) is 0 Å². The van der Waals surface area contributed by atoms with E-state index < -0.39 is 0 Å². The van der Waals surface area contributed by atoms with E-state index in [2.05, 4.69) is 0 Å². The maximum atomic E-state index is 10.9. The molecule has 0 radical (unpaired) electrons. The Morgan fingerprint density at radius 1 is 1.08 bits per heavy atom. The van der Waals surface area contributed by atoms with Crippen LogP contribution in [0.15, 0.2) is 24.3 Å². The summed E-state index contributed by atoms with van der Waals surface area (Å²) in [5.74, 6) is -0.661. The van der Waals surface area contributed by atoms with Crippen molar-refractivity contribution in [1.82, 2.24) is 0 Å². The van der Waals surface area contributed by atoms with Crippen LogP contribution in [0.1, 0.15) is 19.4 Å². The van der Waals surface area contributed by atoms with E-state index in [4.69, 9.17) is 20.3 Å². The molecule has 0 saturated carbocycles. The molecule has 0 heterocycles. The molecule has 0 saturated heterocycles. The van der Waals surface area contributed by atoms with Gasteiger partial charge in [-0.1, -0.05) is 12.1 Å². The maximum Gasteiger partial charge on any atom is 0.302 e. The summed E-state index contributed by atoms with van der Waals surface area (Å²) in [6, 6.07) is 7.47. The summed E-state index contributed by atoms with van der Waals surface area (Å²) in [5.41, 5.74) is 7.69. The average Bonchev–Trinajstić information content (AvgIpc) is 2.53. The van der Waals surface area contributed by atoms with Gasteiger partial charge in [0, 0.05) is 25.6 Å². The van der Waals surface area contributed by atoms with Gasteiger partial charge in [0.15, 0.2) is 0 Å². The molecule has 0 amide bonds. The van der Waals surface area contributed by atoms with Crippen LogP contribution >= 0.6 is 0 Å². The Morgan fingerprint density at radius 2 is 1.58 bits per heavy atom. The molecule has 1 aromatic carbocycles. The summed E-state index contributed by atoms with van der Waals surface area (Å²) in [5, 5.41) is 9.01. The number of hydrogen-bond acceptors (Lipinski definition) is 7. The van der Waals surface area contributed by atoms with Crippen LogP contribution in [0.5, 0.6) is 0 Å². The van der Waals surface area contributed by atoms with E-state index in [1.807, 2.05) is 29.2 Å². The first-order valence-electron chi connectivity index (χ1n) is 7.89. The van der Waals surface area contributed by atoms with Crippen molar-refractivity contribution in [2.75, 3.05) is 37.8 Å². The van der Waals surface area contributed by atoms with Crippen LogP contribution in [0.2, 0.25) is 0 Å². The summed E-state index contributed by atoms with van der Waals surface area (Å²) < 4.78 is 9.96. The molecule has 134 valence electrons. The standard InChI is InChI=1S/C17H26N2O5/c1-13(21)23-9-7-19(8-10-24-14(2)22)17-5-3-15(4-6-17)11-16(18)12-20/h3-6,16,20H,7-12,18H2,1-2H3. The zero-order valence-corrected chi connectivity index (χ0v) is 14.2. The van der Waals surface area contributed by atoms with Crippen LogP contribution in [0.4, 0.5) is 5.69 Å². The molecule has 1 rings (SSSR count). The van der Waals surface area contributed by atoms with Crippen LogP contribution < -0.4 is 10.6 Å². The van der Waals surface area contributed by atoms with Crippen molar-refractivity contribution in [2.45, 2.75) is 26.3 Å². The van der Waals surface area contributed by atoms with Crippen molar-refractivity contribution in [3.8, 4) is 0 Å². The number of nitrogens with zero attached hydrogens (tertiary/aromatic N) is 1. The molecule has 0 aromatic heterocycles. The minimum atomic E-state index is -0.330. The quantitative estimate of drug-likeness (QED) is 0.598. The highest BCUT2D eigenvalue weighted by Crippen LogP contribution is 2.16. The Hall–Kier alpha value is -2.12. The zero-order valence-electron chi connectivity index (χ0n) is 14.2. The highest BCUT2D eigenvalue weighted by molar-refractivity contribution is 5.66. The predicted octanol–water partition coefficient (Wildman–Crippen LogP) is 0.481. The van der Waals surface area contributed by atoms with Gasteiger partial charge in [0.25, 0.3) is 0 Å².